The Morgan fingerprint density at radius 3 is 1.23 bits per heavy atom. The third-order valence-electron chi connectivity index (χ3n) is 12.6. The van der Waals surface area contributed by atoms with Crippen molar-refractivity contribution in [3.8, 4) is 0 Å². The van der Waals surface area contributed by atoms with Gasteiger partial charge in [-0.2, -0.15) is 0 Å². The summed E-state index contributed by atoms with van der Waals surface area (Å²) in [5.41, 5.74) is 0.468. The van der Waals surface area contributed by atoms with Gasteiger partial charge in [0, 0.05) is 12.8 Å². The highest BCUT2D eigenvalue weighted by Gasteiger charge is 2.25. The fourth-order valence-corrected chi connectivity index (χ4v) is 8.08. The molecule has 0 amide bonds. The topological polar surface area (TPSA) is 55.8 Å². The summed E-state index contributed by atoms with van der Waals surface area (Å²) in [6, 6.07) is 0. The minimum Gasteiger partial charge on any atom is -0.465 e. The molecule has 5 heteroatoms. The van der Waals surface area contributed by atoms with Crippen LogP contribution < -0.4 is 0 Å². The predicted octanol–water partition coefficient (Wildman–Crippen LogP) is 14.0. The lowest BCUT2D eigenvalue weighted by Crippen LogP contribution is -2.27. The molecule has 0 bridgehead atoms. The molecule has 1 heterocycles. The van der Waals surface area contributed by atoms with Crippen LogP contribution in [-0.2, 0) is 19.1 Å². The highest BCUT2D eigenvalue weighted by molar-refractivity contribution is 5.69. The predicted molar refractivity (Wildman–Crippen MR) is 228 cm³/mol. The van der Waals surface area contributed by atoms with Crippen LogP contribution in [0.15, 0.2) is 0 Å². The SMILES string of the molecule is CC(C)CCC(COC(=O)CCCCCCCCCC(C)(CCCCCCCCCC(=O)OCC(CCC(C)C)C(C)C)CCN1CCCC1)C(C)C. The van der Waals surface area contributed by atoms with E-state index in [1.165, 1.54) is 129 Å². The summed E-state index contributed by atoms with van der Waals surface area (Å²) in [6.07, 6.45) is 30.1. The Balaban J connectivity index is 2.20. The molecule has 53 heavy (non-hydrogen) atoms. The summed E-state index contributed by atoms with van der Waals surface area (Å²) in [5, 5.41) is 0. The lowest BCUT2D eigenvalue weighted by atomic mass is 9.77. The number of carbonyl (C=O) groups excluding carboxylic acids is 2. The summed E-state index contributed by atoms with van der Waals surface area (Å²) in [5.74, 6) is 3.53. The largest absolute Gasteiger partial charge is 0.465 e. The zero-order valence-electron chi connectivity index (χ0n) is 37.3. The van der Waals surface area contributed by atoms with Crippen LogP contribution in [0.4, 0.5) is 0 Å². The Morgan fingerprint density at radius 2 is 0.868 bits per heavy atom. The number of likely N-dealkylation sites (tertiary alicyclic amines) is 1. The highest BCUT2D eigenvalue weighted by atomic mass is 16.5. The summed E-state index contributed by atoms with van der Waals surface area (Å²) in [4.78, 5) is 27.4. The summed E-state index contributed by atoms with van der Waals surface area (Å²) >= 11 is 0. The Morgan fingerprint density at radius 1 is 0.509 bits per heavy atom. The molecule has 1 aliphatic rings. The van der Waals surface area contributed by atoms with Crippen LogP contribution in [0.2, 0.25) is 0 Å². The Bertz CT molecular complexity index is 819. The maximum atomic E-state index is 12.3. The van der Waals surface area contributed by atoms with Gasteiger partial charge in [-0.1, -0.05) is 152 Å². The molecule has 0 N–H and O–H groups in total. The molecule has 314 valence electrons. The van der Waals surface area contributed by atoms with Crippen molar-refractivity contribution >= 4 is 11.9 Å². The van der Waals surface area contributed by atoms with E-state index in [4.69, 9.17) is 9.47 Å². The molecule has 5 nitrogen and oxygen atoms in total. The van der Waals surface area contributed by atoms with Crippen LogP contribution in [0.5, 0.6) is 0 Å². The molecule has 1 fully saturated rings. The molecule has 0 aromatic rings. The van der Waals surface area contributed by atoms with Gasteiger partial charge in [-0.05, 0) is 118 Å². The standard InChI is InChI=1S/C48H93NO4/c1-40(2)28-30-44(42(5)6)38-52-46(50)26-20-16-12-10-14-18-22-32-48(9,34-37-49-35-24-25-36-49)33-23-19-15-11-13-17-21-27-47(51)53-39-45(43(7)8)31-29-41(3)4/h40-45H,10-39H2,1-9H3. The number of hydrogen-bond donors (Lipinski definition) is 0. The second kappa shape index (κ2) is 31.0. The van der Waals surface area contributed by atoms with E-state index in [0.29, 0.717) is 67.0 Å². The Kier molecular flexibility index (Phi) is 29.2. The van der Waals surface area contributed by atoms with Crippen molar-refractivity contribution < 1.29 is 19.1 Å². The van der Waals surface area contributed by atoms with E-state index in [2.05, 4.69) is 67.2 Å². The number of rotatable bonds is 35. The van der Waals surface area contributed by atoms with Crippen LogP contribution in [0.3, 0.4) is 0 Å². The molecule has 2 unspecified atom stereocenters. The first-order valence-corrected chi connectivity index (χ1v) is 23.3. The zero-order chi connectivity index (χ0) is 39.3. The average molecular weight is 748 g/mol. The third kappa shape index (κ3) is 28.0. The van der Waals surface area contributed by atoms with Gasteiger partial charge < -0.3 is 14.4 Å². The maximum Gasteiger partial charge on any atom is 0.305 e. The number of hydrogen-bond acceptors (Lipinski definition) is 5. The Labute approximate surface area is 331 Å². The van der Waals surface area contributed by atoms with E-state index in [9.17, 15) is 9.59 Å². The molecule has 0 spiro atoms. The van der Waals surface area contributed by atoms with Crippen molar-refractivity contribution in [3.05, 3.63) is 0 Å². The van der Waals surface area contributed by atoms with Gasteiger partial charge in [0.1, 0.15) is 0 Å². The van der Waals surface area contributed by atoms with Gasteiger partial charge in [0.25, 0.3) is 0 Å². The van der Waals surface area contributed by atoms with Crippen molar-refractivity contribution in [2.45, 2.75) is 223 Å². The second-order valence-corrected chi connectivity index (χ2v) is 19.4. The molecular weight excluding hydrogens is 655 g/mol. The summed E-state index contributed by atoms with van der Waals surface area (Å²) < 4.78 is 11.4. The van der Waals surface area contributed by atoms with E-state index < -0.39 is 0 Å². The van der Waals surface area contributed by atoms with Crippen molar-refractivity contribution in [1.82, 2.24) is 4.90 Å². The van der Waals surface area contributed by atoms with E-state index in [0.717, 1.165) is 38.5 Å². The monoisotopic (exact) mass is 748 g/mol. The number of ether oxygens (including phenoxy) is 2. The number of nitrogens with zero attached hydrogens (tertiary/aromatic N) is 1. The zero-order valence-corrected chi connectivity index (χ0v) is 37.3. The van der Waals surface area contributed by atoms with Crippen LogP contribution >= 0.6 is 0 Å². The van der Waals surface area contributed by atoms with Crippen molar-refractivity contribution in [2.75, 3.05) is 32.8 Å². The van der Waals surface area contributed by atoms with Crippen LogP contribution in [0.1, 0.15) is 223 Å². The molecule has 2 atom stereocenters. The molecule has 0 radical (unpaired) electrons. The average Bonchev–Trinajstić information content (AvgIpc) is 3.63. The molecular formula is C48H93NO4. The maximum absolute atomic E-state index is 12.3. The fraction of sp³-hybridized carbons (Fsp3) is 0.958. The lowest BCUT2D eigenvalue weighted by Gasteiger charge is -2.32. The first kappa shape index (κ1) is 49.9. The lowest BCUT2D eigenvalue weighted by molar-refractivity contribution is -0.146. The van der Waals surface area contributed by atoms with Crippen LogP contribution in [0, 0.1) is 40.9 Å². The molecule has 0 saturated carbocycles. The fourth-order valence-electron chi connectivity index (χ4n) is 8.08. The summed E-state index contributed by atoms with van der Waals surface area (Å²) in [7, 11) is 0. The molecule has 1 aliphatic heterocycles. The van der Waals surface area contributed by atoms with Crippen LogP contribution in [-0.4, -0.2) is 49.7 Å². The second-order valence-electron chi connectivity index (χ2n) is 19.4. The van der Waals surface area contributed by atoms with Gasteiger partial charge in [0.15, 0.2) is 0 Å². The number of esters is 2. The third-order valence-corrected chi connectivity index (χ3v) is 12.6. The highest BCUT2D eigenvalue weighted by Crippen LogP contribution is 2.36. The molecule has 0 aromatic heterocycles. The van der Waals surface area contributed by atoms with Gasteiger partial charge in [0.05, 0.1) is 13.2 Å². The first-order valence-electron chi connectivity index (χ1n) is 23.3. The molecule has 1 saturated heterocycles. The van der Waals surface area contributed by atoms with Gasteiger partial charge in [0.2, 0.25) is 0 Å². The van der Waals surface area contributed by atoms with Gasteiger partial charge in [-0.3, -0.25) is 9.59 Å². The number of carbonyl (C=O) groups is 2. The van der Waals surface area contributed by atoms with E-state index >= 15 is 0 Å². The van der Waals surface area contributed by atoms with Crippen LogP contribution in [0.25, 0.3) is 0 Å². The Hall–Kier alpha value is -1.10. The molecule has 0 aliphatic carbocycles. The molecule has 1 rings (SSSR count). The quantitative estimate of drug-likeness (QED) is 0.0477. The minimum absolute atomic E-state index is 0.00494. The minimum atomic E-state index is 0.00494. The van der Waals surface area contributed by atoms with Gasteiger partial charge in [-0.15, -0.1) is 0 Å². The molecule has 0 aromatic carbocycles. The van der Waals surface area contributed by atoms with Crippen molar-refractivity contribution in [1.29, 1.82) is 0 Å². The number of unbranched alkanes of at least 4 members (excludes halogenated alkanes) is 12. The van der Waals surface area contributed by atoms with Gasteiger partial charge in [-0.25, -0.2) is 0 Å². The van der Waals surface area contributed by atoms with Gasteiger partial charge >= 0.3 is 11.9 Å². The van der Waals surface area contributed by atoms with E-state index in [1.807, 2.05) is 0 Å². The summed E-state index contributed by atoms with van der Waals surface area (Å²) in [6.45, 7) is 25.8. The smallest absolute Gasteiger partial charge is 0.305 e. The normalized spacial score (nSPS) is 16.2. The van der Waals surface area contributed by atoms with Crippen molar-refractivity contribution in [3.63, 3.8) is 0 Å². The van der Waals surface area contributed by atoms with Crippen molar-refractivity contribution in [2.24, 2.45) is 40.9 Å². The first-order chi connectivity index (χ1) is 25.3. The van der Waals surface area contributed by atoms with E-state index in [-0.39, 0.29) is 11.9 Å². The van der Waals surface area contributed by atoms with E-state index in [1.54, 1.807) is 0 Å².